The third-order valence-electron chi connectivity index (χ3n) is 6.07. The summed E-state index contributed by atoms with van der Waals surface area (Å²) in [4.78, 5) is 27.3. The van der Waals surface area contributed by atoms with Gasteiger partial charge in [0.2, 0.25) is 11.8 Å². The molecule has 8 heteroatoms. The van der Waals surface area contributed by atoms with Gasteiger partial charge in [0.1, 0.15) is 28.6 Å². The molecule has 2 N–H and O–H groups in total. The van der Waals surface area contributed by atoms with Gasteiger partial charge in [-0.3, -0.25) is 9.59 Å². The minimum absolute atomic E-state index is 0.353. The van der Waals surface area contributed by atoms with E-state index in [1.54, 1.807) is 0 Å². The van der Waals surface area contributed by atoms with Gasteiger partial charge in [-0.1, -0.05) is 13.8 Å². The van der Waals surface area contributed by atoms with Crippen molar-refractivity contribution < 1.29 is 9.59 Å². The molecule has 160 valence electrons. The highest BCUT2D eigenvalue weighted by Gasteiger charge is 2.27. The second-order valence-electron chi connectivity index (χ2n) is 8.61. The molecule has 0 aromatic carbocycles. The van der Waals surface area contributed by atoms with Crippen LogP contribution in [0.3, 0.4) is 0 Å². The Labute approximate surface area is 189 Å². The summed E-state index contributed by atoms with van der Waals surface area (Å²) in [6.45, 7) is 4.38. The normalized spacial score (nSPS) is 19.5. The number of hydrogen-bond acceptors (Lipinski definition) is 6. The standard InChI is InChI=1S/C23H24N4O2S2/c1-12-3-5-14-16(10-24)22(30-18(14)7-12)26-20(28)9-21(29)27-23-17(11-25)15-6-4-13(2)8-19(15)31-23/h12-13H,3-9H2,1-2H3,(H,26,28)(H,27,29)/t12-,13+. The van der Waals surface area contributed by atoms with Crippen LogP contribution in [0.25, 0.3) is 0 Å². The van der Waals surface area contributed by atoms with Gasteiger partial charge < -0.3 is 10.6 Å². The van der Waals surface area contributed by atoms with Crippen LogP contribution >= 0.6 is 22.7 Å². The van der Waals surface area contributed by atoms with Crippen molar-refractivity contribution in [3.8, 4) is 12.1 Å². The van der Waals surface area contributed by atoms with E-state index < -0.39 is 11.8 Å². The molecule has 2 aromatic rings. The van der Waals surface area contributed by atoms with Gasteiger partial charge >= 0.3 is 0 Å². The van der Waals surface area contributed by atoms with Crippen molar-refractivity contribution in [2.24, 2.45) is 11.8 Å². The fourth-order valence-electron chi connectivity index (χ4n) is 4.40. The number of anilines is 2. The number of nitrogens with one attached hydrogen (secondary N) is 2. The van der Waals surface area contributed by atoms with E-state index in [1.807, 2.05) is 0 Å². The Morgan fingerprint density at radius 2 is 1.29 bits per heavy atom. The van der Waals surface area contributed by atoms with Gasteiger partial charge in [0.25, 0.3) is 0 Å². The Kier molecular flexibility index (Phi) is 6.13. The van der Waals surface area contributed by atoms with Crippen LogP contribution in [0.1, 0.15) is 65.1 Å². The highest BCUT2D eigenvalue weighted by Crippen LogP contribution is 2.40. The molecule has 2 amide bonds. The third kappa shape index (κ3) is 4.37. The van der Waals surface area contributed by atoms with E-state index in [1.165, 1.54) is 22.7 Å². The number of nitrogens with zero attached hydrogens (tertiary/aromatic N) is 2. The Hall–Kier alpha value is -2.68. The maximum absolute atomic E-state index is 12.5. The van der Waals surface area contributed by atoms with E-state index in [0.29, 0.717) is 33.0 Å². The molecule has 31 heavy (non-hydrogen) atoms. The molecule has 0 aliphatic heterocycles. The lowest BCUT2D eigenvalue weighted by atomic mass is 9.88. The Balaban J connectivity index is 1.43. The number of fused-ring (bicyclic) bond motifs is 2. The van der Waals surface area contributed by atoms with Crippen LogP contribution in [-0.2, 0) is 35.3 Å². The number of rotatable bonds is 4. The zero-order valence-corrected chi connectivity index (χ0v) is 19.3. The minimum Gasteiger partial charge on any atom is -0.316 e. The molecule has 2 atom stereocenters. The number of amides is 2. The van der Waals surface area contributed by atoms with E-state index >= 15 is 0 Å². The molecule has 2 aliphatic carbocycles. The van der Waals surface area contributed by atoms with Crippen molar-refractivity contribution in [1.29, 1.82) is 10.5 Å². The molecule has 2 aliphatic rings. The Morgan fingerprint density at radius 1 is 0.871 bits per heavy atom. The van der Waals surface area contributed by atoms with Crippen LogP contribution in [0.4, 0.5) is 10.0 Å². The average Bonchev–Trinajstić information content (AvgIpc) is 3.22. The molecule has 0 radical (unpaired) electrons. The minimum atomic E-state index is -0.450. The lowest BCUT2D eigenvalue weighted by Crippen LogP contribution is -2.21. The number of hydrogen-bond donors (Lipinski definition) is 2. The zero-order chi connectivity index (χ0) is 22.1. The Bertz CT molecular complexity index is 1040. The molecule has 0 spiro atoms. The predicted octanol–water partition coefficient (Wildman–Crippen LogP) is 4.77. The number of carbonyl (C=O) groups is 2. The fourth-order valence-corrected chi connectivity index (χ4v) is 7.16. The quantitative estimate of drug-likeness (QED) is 0.652. The van der Waals surface area contributed by atoms with Crippen molar-refractivity contribution >= 4 is 44.5 Å². The summed E-state index contributed by atoms with van der Waals surface area (Å²) in [5.74, 6) is 0.241. The number of carbonyl (C=O) groups excluding carboxylic acids is 2. The molecule has 0 saturated carbocycles. The largest absolute Gasteiger partial charge is 0.316 e. The van der Waals surface area contributed by atoms with E-state index in [9.17, 15) is 20.1 Å². The monoisotopic (exact) mass is 452 g/mol. The molecule has 0 fully saturated rings. The van der Waals surface area contributed by atoms with Gasteiger partial charge in [-0.25, -0.2) is 0 Å². The lowest BCUT2D eigenvalue weighted by molar-refractivity contribution is -0.123. The van der Waals surface area contributed by atoms with E-state index in [2.05, 4.69) is 36.6 Å². The third-order valence-corrected chi connectivity index (χ3v) is 8.41. The summed E-state index contributed by atoms with van der Waals surface area (Å²) in [6, 6.07) is 4.45. The van der Waals surface area contributed by atoms with Crippen LogP contribution < -0.4 is 10.6 Å². The van der Waals surface area contributed by atoms with E-state index in [0.717, 1.165) is 59.4 Å². The number of nitriles is 2. The molecule has 0 saturated heterocycles. The molecule has 4 rings (SSSR count). The molecule has 2 heterocycles. The molecular weight excluding hydrogens is 428 g/mol. The highest BCUT2D eigenvalue weighted by molar-refractivity contribution is 7.17. The van der Waals surface area contributed by atoms with Gasteiger partial charge in [0.05, 0.1) is 11.1 Å². The molecule has 6 nitrogen and oxygen atoms in total. The summed E-state index contributed by atoms with van der Waals surface area (Å²) in [5, 5.41) is 25.8. The summed E-state index contributed by atoms with van der Waals surface area (Å²) in [7, 11) is 0. The SMILES string of the molecule is C[C@@H]1CCc2c(sc(NC(=O)CC(=O)Nc3sc4c(c3C#N)CC[C@H](C)C4)c2C#N)C1. The second kappa shape index (κ2) is 8.82. The lowest BCUT2D eigenvalue weighted by Gasteiger charge is -2.17. The molecule has 2 aromatic heterocycles. The van der Waals surface area contributed by atoms with Gasteiger partial charge in [0, 0.05) is 9.75 Å². The first-order chi connectivity index (χ1) is 14.9. The Morgan fingerprint density at radius 3 is 1.68 bits per heavy atom. The van der Waals surface area contributed by atoms with E-state index in [4.69, 9.17) is 0 Å². The topological polar surface area (TPSA) is 106 Å². The van der Waals surface area contributed by atoms with Crippen molar-refractivity contribution in [2.45, 2.75) is 58.8 Å². The van der Waals surface area contributed by atoms with Gasteiger partial charge in [-0.2, -0.15) is 10.5 Å². The van der Waals surface area contributed by atoms with Gasteiger partial charge in [-0.05, 0) is 61.5 Å². The zero-order valence-electron chi connectivity index (χ0n) is 17.6. The summed E-state index contributed by atoms with van der Waals surface area (Å²) < 4.78 is 0. The van der Waals surface area contributed by atoms with Crippen LogP contribution in [0, 0.1) is 34.5 Å². The highest BCUT2D eigenvalue weighted by atomic mass is 32.1. The van der Waals surface area contributed by atoms with E-state index in [-0.39, 0.29) is 6.42 Å². The first kappa shape index (κ1) is 21.5. The van der Waals surface area contributed by atoms with Crippen LogP contribution in [0.2, 0.25) is 0 Å². The molecule has 0 unspecified atom stereocenters. The van der Waals surface area contributed by atoms with Crippen LogP contribution in [0.5, 0.6) is 0 Å². The smallest absolute Gasteiger partial charge is 0.234 e. The first-order valence-corrected chi connectivity index (χ1v) is 12.2. The van der Waals surface area contributed by atoms with Crippen molar-refractivity contribution in [1.82, 2.24) is 0 Å². The first-order valence-electron chi connectivity index (χ1n) is 10.6. The summed E-state index contributed by atoms with van der Waals surface area (Å²) in [5.41, 5.74) is 3.16. The average molecular weight is 453 g/mol. The van der Waals surface area contributed by atoms with Crippen molar-refractivity contribution in [3.63, 3.8) is 0 Å². The molecular formula is C23H24N4O2S2. The van der Waals surface area contributed by atoms with Crippen LogP contribution in [0.15, 0.2) is 0 Å². The van der Waals surface area contributed by atoms with Crippen molar-refractivity contribution in [2.75, 3.05) is 10.6 Å². The number of thiophene rings is 2. The second-order valence-corrected chi connectivity index (χ2v) is 10.8. The fraction of sp³-hybridized carbons (Fsp3) is 0.478. The van der Waals surface area contributed by atoms with Crippen LogP contribution in [-0.4, -0.2) is 11.8 Å². The summed E-state index contributed by atoms with van der Waals surface area (Å²) >= 11 is 2.89. The molecule has 0 bridgehead atoms. The van der Waals surface area contributed by atoms with Gasteiger partial charge in [0.15, 0.2) is 0 Å². The predicted molar refractivity (Wildman–Crippen MR) is 122 cm³/mol. The van der Waals surface area contributed by atoms with Crippen molar-refractivity contribution in [3.05, 3.63) is 32.0 Å². The maximum Gasteiger partial charge on any atom is 0.234 e. The summed E-state index contributed by atoms with van der Waals surface area (Å²) in [6.07, 6.45) is 5.27. The van der Waals surface area contributed by atoms with Gasteiger partial charge in [-0.15, -0.1) is 22.7 Å². The maximum atomic E-state index is 12.5.